The highest BCUT2D eigenvalue weighted by atomic mass is 79.9. The summed E-state index contributed by atoms with van der Waals surface area (Å²) in [4.78, 5) is 10.7. The number of hydrogen-bond acceptors (Lipinski definition) is 4. The molecule has 0 aromatic heterocycles. The average molecular weight is 304 g/mol. The van der Waals surface area contributed by atoms with E-state index in [1.165, 1.54) is 7.11 Å². The molecule has 6 heteroatoms. The number of carboxylic acids is 1. The van der Waals surface area contributed by atoms with Crippen molar-refractivity contribution < 1.29 is 19.7 Å². The van der Waals surface area contributed by atoms with Crippen molar-refractivity contribution in [3.05, 3.63) is 21.7 Å². The normalized spacial score (nSPS) is 12.2. The van der Waals surface area contributed by atoms with Crippen LogP contribution in [0.4, 0.5) is 0 Å². The molecule has 0 fully saturated rings. The number of rotatable bonds is 4. The smallest absolute Gasteiger partial charge is 0.320 e. The van der Waals surface area contributed by atoms with Crippen molar-refractivity contribution in [2.45, 2.75) is 19.4 Å². The molecular weight excluding hydrogens is 290 g/mol. The van der Waals surface area contributed by atoms with E-state index < -0.39 is 12.0 Å². The molecule has 0 amide bonds. The Morgan fingerprint density at radius 3 is 2.71 bits per heavy atom. The van der Waals surface area contributed by atoms with Gasteiger partial charge in [0.1, 0.15) is 6.04 Å². The third-order valence-electron chi connectivity index (χ3n) is 2.44. The van der Waals surface area contributed by atoms with Gasteiger partial charge in [0, 0.05) is 16.5 Å². The van der Waals surface area contributed by atoms with Crippen LogP contribution in [0.25, 0.3) is 0 Å². The lowest BCUT2D eigenvalue weighted by Crippen LogP contribution is -2.32. The third-order valence-corrected chi connectivity index (χ3v) is 3.54. The van der Waals surface area contributed by atoms with Gasteiger partial charge in [-0.2, -0.15) is 0 Å². The number of nitrogens with two attached hydrogens (primary N) is 1. The van der Waals surface area contributed by atoms with Gasteiger partial charge >= 0.3 is 5.97 Å². The Bertz CT molecular complexity index is 448. The van der Waals surface area contributed by atoms with Gasteiger partial charge in [0.2, 0.25) is 0 Å². The van der Waals surface area contributed by atoms with Crippen LogP contribution in [0.1, 0.15) is 11.1 Å². The Morgan fingerprint density at radius 1 is 1.65 bits per heavy atom. The summed E-state index contributed by atoms with van der Waals surface area (Å²) in [6, 6.07) is 0.596. The van der Waals surface area contributed by atoms with Gasteiger partial charge in [-0.3, -0.25) is 4.79 Å². The minimum Gasteiger partial charge on any atom is -0.504 e. The zero-order valence-electron chi connectivity index (χ0n) is 9.53. The fraction of sp³-hybridized carbons (Fsp3) is 0.364. The lowest BCUT2D eigenvalue weighted by molar-refractivity contribution is -0.138. The quantitative estimate of drug-likeness (QED) is 0.782. The molecule has 5 nitrogen and oxygen atoms in total. The number of methoxy groups -OCH3 is 1. The molecule has 0 aliphatic carbocycles. The molecule has 0 heterocycles. The minimum atomic E-state index is -1.11. The van der Waals surface area contributed by atoms with Crippen LogP contribution in [-0.4, -0.2) is 29.3 Å². The van der Waals surface area contributed by atoms with E-state index in [0.717, 1.165) is 5.56 Å². The SMILES string of the molecule is COc1cc(C)c(Br)c(CC(N)C(=O)O)c1O. The van der Waals surface area contributed by atoms with Gasteiger partial charge in [-0.1, -0.05) is 15.9 Å². The predicted molar refractivity (Wildman–Crippen MR) is 66.4 cm³/mol. The van der Waals surface area contributed by atoms with E-state index in [9.17, 15) is 9.90 Å². The second kappa shape index (κ2) is 5.37. The summed E-state index contributed by atoms with van der Waals surface area (Å²) in [6.07, 6.45) is 0.0276. The first-order valence-electron chi connectivity index (χ1n) is 4.91. The van der Waals surface area contributed by atoms with Crippen molar-refractivity contribution in [1.29, 1.82) is 0 Å². The van der Waals surface area contributed by atoms with E-state index >= 15 is 0 Å². The van der Waals surface area contributed by atoms with Crippen LogP contribution in [0, 0.1) is 6.92 Å². The molecule has 4 N–H and O–H groups in total. The summed E-state index contributed by atoms with van der Waals surface area (Å²) < 4.78 is 5.65. The third kappa shape index (κ3) is 2.89. The van der Waals surface area contributed by atoms with Crippen molar-refractivity contribution in [1.82, 2.24) is 0 Å². The van der Waals surface area contributed by atoms with E-state index in [1.54, 1.807) is 6.07 Å². The molecule has 1 aromatic carbocycles. The zero-order chi connectivity index (χ0) is 13.2. The average Bonchev–Trinajstić information content (AvgIpc) is 2.28. The molecule has 1 rings (SSSR count). The van der Waals surface area contributed by atoms with Crippen molar-refractivity contribution >= 4 is 21.9 Å². The Labute approximate surface area is 107 Å². The number of phenolic OH excluding ortho intramolecular Hbond substituents is 1. The number of aryl methyl sites for hydroxylation is 1. The molecule has 94 valence electrons. The first kappa shape index (κ1) is 13.8. The monoisotopic (exact) mass is 303 g/mol. The fourth-order valence-corrected chi connectivity index (χ4v) is 1.93. The second-order valence-electron chi connectivity index (χ2n) is 3.69. The van der Waals surface area contributed by atoms with Gasteiger partial charge in [0.05, 0.1) is 7.11 Å². The number of aliphatic carboxylic acids is 1. The molecule has 0 bridgehead atoms. The lowest BCUT2D eigenvalue weighted by Gasteiger charge is -2.15. The largest absolute Gasteiger partial charge is 0.504 e. The number of aromatic hydroxyl groups is 1. The van der Waals surface area contributed by atoms with Crippen molar-refractivity contribution in [2.24, 2.45) is 5.73 Å². The van der Waals surface area contributed by atoms with Crippen LogP contribution in [0.3, 0.4) is 0 Å². The second-order valence-corrected chi connectivity index (χ2v) is 4.48. The Balaban J connectivity index is 3.22. The summed E-state index contributed by atoms with van der Waals surface area (Å²) in [5.74, 6) is -0.892. The van der Waals surface area contributed by atoms with Crippen molar-refractivity contribution in [2.75, 3.05) is 7.11 Å². The Morgan fingerprint density at radius 2 is 2.24 bits per heavy atom. The highest BCUT2D eigenvalue weighted by molar-refractivity contribution is 9.10. The molecule has 0 spiro atoms. The van der Waals surface area contributed by atoms with Gasteiger partial charge in [-0.15, -0.1) is 0 Å². The maximum absolute atomic E-state index is 10.7. The molecule has 0 saturated carbocycles. The standard InChI is InChI=1S/C11H14BrNO4/c1-5-3-8(17-2)10(14)6(9(5)12)4-7(13)11(15)16/h3,7,14H,4,13H2,1-2H3,(H,15,16). The van der Waals surface area contributed by atoms with E-state index in [0.29, 0.717) is 15.8 Å². The van der Waals surface area contributed by atoms with Crippen molar-refractivity contribution in [3.8, 4) is 11.5 Å². The molecule has 0 aliphatic heterocycles. The van der Waals surface area contributed by atoms with Crippen molar-refractivity contribution in [3.63, 3.8) is 0 Å². The van der Waals surface area contributed by atoms with Gasteiger partial charge in [0.15, 0.2) is 11.5 Å². The van der Waals surface area contributed by atoms with Crippen LogP contribution < -0.4 is 10.5 Å². The first-order valence-corrected chi connectivity index (χ1v) is 5.71. The van der Waals surface area contributed by atoms with E-state index in [4.69, 9.17) is 15.6 Å². The first-order chi connectivity index (χ1) is 7.88. The highest BCUT2D eigenvalue weighted by Crippen LogP contribution is 2.38. The lowest BCUT2D eigenvalue weighted by atomic mass is 10.0. The molecule has 0 saturated heterocycles. The van der Waals surface area contributed by atoms with Gasteiger partial charge in [-0.25, -0.2) is 0 Å². The molecule has 1 atom stereocenters. The van der Waals surface area contributed by atoms with Crippen LogP contribution in [0.5, 0.6) is 11.5 Å². The number of hydrogen-bond donors (Lipinski definition) is 3. The maximum atomic E-state index is 10.7. The van der Waals surface area contributed by atoms with E-state index in [-0.39, 0.29) is 12.2 Å². The molecule has 0 aliphatic rings. The predicted octanol–water partition coefficient (Wildman–Crippen LogP) is 1.43. The summed E-state index contributed by atoms with van der Waals surface area (Å²) in [5.41, 5.74) is 6.74. The number of benzene rings is 1. The molecule has 17 heavy (non-hydrogen) atoms. The Kier molecular flexibility index (Phi) is 4.36. The van der Waals surface area contributed by atoms with Gasteiger partial charge in [-0.05, 0) is 18.6 Å². The maximum Gasteiger partial charge on any atom is 0.320 e. The number of phenols is 1. The molecular formula is C11H14BrNO4. The molecule has 1 unspecified atom stereocenters. The van der Waals surface area contributed by atoms with E-state index in [2.05, 4.69) is 15.9 Å². The fourth-order valence-electron chi connectivity index (χ4n) is 1.47. The summed E-state index contributed by atoms with van der Waals surface area (Å²) >= 11 is 3.31. The summed E-state index contributed by atoms with van der Waals surface area (Å²) in [6.45, 7) is 1.82. The number of halogens is 1. The number of carbonyl (C=O) groups is 1. The minimum absolute atomic E-state index is 0.0276. The summed E-state index contributed by atoms with van der Waals surface area (Å²) in [7, 11) is 1.43. The van der Waals surface area contributed by atoms with Gasteiger partial charge < -0.3 is 20.7 Å². The summed E-state index contributed by atoms with van der Waals surface area (Å²) in [5, 5.41) is 18.7. The molecule has 1 aromatic rings. The van der Waals surface area contributed by atoms with E-state index in [1.807, 2.05) is 6.92 Å². The zero-order valence-corrected chi connectivity index (χ0v) is 11.1. The van der Waals surface area contributed by atoms with Crippen LogP contribution in [0.2, 0.25) is 0 Å². The number of ether oxygens (including phenoxy) is 1. The van der Waals surface area contributed by atoms with Crippen LogP contribution in [0.15, 0.2) is 10.5 Å². The topological polar surface area (TPSA) is 92.8 Å². The number of carboxylic acid groups (broad SMARTS) is 1. The molecule has 0 radical (unpaired) electrons. The highest BCUT2D eigenvalue weighted by Gasteiger charge is 2.20. The van der Waals surface area contributed by atoms with Gasteiger partial charge in [0.25, 0.3) is 0 Å². The van der Waals surface area contributed by atoms with Crippen LogP contribution >= 0.6 is 15.9 Å². The van der Waals surface area contributed by atoms with Crippen LogP contribution in [-0.2, 0) is 11.2 Å². The Hall–Kier alpha value is -1.27.